The van der Waals surface area contributed by atoms with Crippen LogP contribution in [-0.2, 0) is 19.4 Å². The highest BCUT2D eigenvalue weighted by molar-refractivity contribution is 5.87. The number of hydrogen-bond donors (Lipinski definition) is 1. The van der Waals surface area contributed by atoms with Gasteiger partial charge in [-0.05, 0) is 48.9 Å². The first kappa shape index (κ1) is 12.6. The van der Waals surface area contributed by atoms with Gasteiger partial charge in [-0.25, -0.2) is 0 Å². The van der Waals surface area contributed by atoms with Crippen LogP contribution < -0.4 is 5.32 Å². The van der Waals surface area contributed by atoms with Crippen LogP contribution >= 0.6 is 0 Å². The average molecular weight is 254 g/mol. The fraction of sp³-hybridized carbons (Fsp3) is 0.471. The highest BCUT2D eigenvalue weighted by Crippen LogP contribution is 2.33. The molecule has 2 heteroatoms. The van der Waals surface area contributed by atoms with Gasteiger partial charge in [0, 0.05) is 17.6 Å². The Morgan fingerprint density at radius 1 is 1.26 bits per heavy atom. The molecule has 2 aromatic rings. The number of aromatic nitrogens is 1. The molecule has 0 spiro atoms. The molecule has 1 aliphatic carbocycles. The van der Waals surface area contributed by atoms with Gasteiger partial charge in [0.15, 0.2) is 0 Å². The molecule has 1 N–H and O–H groups in total. The summed E-state index contributed by atoms with van der Waals surface area (Å²) in [5.41, 5.74) is 6.92. The van der Waals surface area contributed by atoms with E-state index in [0.29, 0.717) is 5.92 Å². The summed E-state index contributed by atoms with van der Waals surface area (Å²) in [4.78, 5) is 4.99. The van der Waals surface area contributed by atoms with Crippen LogP contribution in [0, 0.1) is 0 Å². The number of rotatable bonds is 3. The van der Waals surface area contributed by atoms with E-state index in [-0.39, 0.29) is 0 Å². The summed E-state index contributed by atoms with van der Waals surface area (Å²) in [5, 5.41) is 4.68. The minimum atomic E-state index is 0.526. The minimum Gasteiger partial charge on any atom is -0.316 e. The molecule has 19 heavy (non-hydrogen) atoms. The first-order valence-electron chi connectivity index (χ1n) is 7.30. The second-order valence-corrected chi connectivity index (χ2v) is 5.80. The number of nitrogens with zero attached hydrogens (tertiary/aromatic N) is 1. The van der Waals surface area contributed by atoms with Crippen LogP contribution in [0.4, 0.5) is 0 Å². The molecule has 0 fully saturated rings. The molecule has 2 nitrogen and oxygen atoms in total. The summed E-state index contributed by atoms with van der Waals surface area (Å²) in [7, 11) is 2.03. The molecule has 0 aliphatic heterocycles. The van der Waals surface area contributed by atoms with Crippen LogP contribution in [0.1, 0.15) is 48.6 Å². The molecule has 100 valence electrons. The zero-order valence-corrected chi connectivity index (χ0v) is 12.1. The van der Waals surface area contributed by atoms with E-state index in [1.165, 1.54) is 46.1 Å². The normalized spacial score (nSPS) is 14.3. The maximum absolute atomic E-state index is 4.99. The summed E-state index contributed by atoms with van der Waals surface area (Å²) in [6.45, 7) is 5.45. The first-order valence-corrected chi connectivity index (χ1v) is 7.30. The zero-order valence-electron chi connectivity index (χ0n) is 12.1. The molecule has 1 aromatic heterocycles. The SMILES string of the molecule is CNCc1c2c(nc3c(C(C)C)cccc13)CCC2. The Bertz CT molecular complexity index is 614. The summed E-state index contributed by atoms with van der Waals surface area (Å²) >= 11 is 0. The largest absolute Gasteiger partial charge is 0.316 e. The number of nitrogens with one attached hydrogen (secondary N) is 1. The second-order valence-electron chi connectivity index (χ2n) is 5.80. The topological polar surface area (TPSA) is 24.9 Å². The third kappa shape index (κ3) is 2.04. The summed E-state index contributed by atoms with van der Waals surface area (Å²) < 4.78 is 0. The second kappa shape index (κ2) is 4.93. The monoisotopic (exact) mass is 254 g/mol. The lowest BCUT2D eigenvalue weighted by molar-refractivity contribution is 0.808. The van der Waals surface area contributed by atoms with Crippen LogP contribution in [-0.4, -0.2) is 12.0 Å². The van der Waals surface area contributed by atoms with Crippen molar-refractivity contribution in [2.24, 2.45) is 0 Å². The molecule has 1 aliphatic rings. The predicted octanol–water partition coefficient (Wildman–Crippen LogP) is 3.57. The molecule has 0 saturated carbocycles. The maximum atomic E-state index is 4.99. The van der Waals surface area contributed by atoms with Gasteiger partial charge in [0.25, 0.3) is 0 Å². The van der Waals surface area contributed by atoms with Gasteiger partial charge >= 0.3 is 0 Å². The summed E-state index contributed by atoms with van der Waals surface area (Å²) in [5.74, 6) is 0.526. The van der Waals surface area contributed by atoms with Crippen LogP contribution in [0.3, 0.4) is 0 Å². The van der Waals surface area contributed by atoms with Crippen molar-refractivity contribution < 1.29 is 0 Å². The molecule has 0 unspecified atom stereocenters. The van der Waals surface area contributed by atoms with Crippen molar-refractivity contribution in [3.05, 3.63) is 40.6 Å². The van der Waals surface area contributed by atoms with Gasteiger partial charge in [0.2, 0.25) is 0 Å². The quantitative estimate of drug-likeness (QED) is 0.905. The molecule has 0 atom stereocenters. The van der Waals surface area contributed by atoms with Crippen molar-refractivity contribution in [3.8, 4) is 0 Å². The van der Waals surface area contributed by atoms with Crippen molar-refractivity contribution >= 4 is 10.9 Å². The number of benzene rings is 1. The maximum Gasteiger partial charge on any atom is 0.0743 e. The van der Waals surface area contributed by atoms with E-state index >= 15 is 0 Å². The Morgan fingerprint density at radius 2 is 2.11 bits per heavy atom. The average Bonchev–Trinajstić information content (AvgIpc) is 2.86. The van der Waals surface area contributed by atoms with Crippen LogP contribution in [0.15, 0.2) is 18.2 Å². The smallest absolute Gasteiger partial charge is 0.0743 e. The Balaban J connectivity index is 2.33. The van der Waals surface area contributed by atoms with E-state index in [1.807, 2.05) is 7.05 Å². The number of pyridine rings is 1. The number of para-hydroxylation sites is 1. The zero-order chi connectivity index (χ0) is 13.4. The van der Waals surface area contributed by atoms with E-state index in [2.05, 4.69) is 37.4 Å². The number of aryl methyl sites for hydroxylation is 1. The number of hydrogen-bond acceptors (Lipinski definition) is 2. The molecular formula is C17H22N2. The van der Waals surface area contributed by atoms with E-state index in [4.69, 9.17) is 4.98 Å². The third-order valence-corrected chi connectivity index (χ3v) is 4.17. The lowest BCUT2D eigenvalue weighted by atomic mass is 9.95. The highest BCUT2D eigenvalue weighted by Gasteiger charge is 2.20. The van der Waals surface area contributed by atoms with Gasteiger partial charge in [0.1, 0.15) is 0 Å². The van der Waals surface area contributed by atoms with E-state index in [1.54, 1.807) is 0 Å². The minimum absolute atomic E-state index is 0.526. The fourth-order valence-electron chi connectivity index (χ4n) is 3.25. The third-order valence-electron chi connectivity index (χ3n) is 4.17. The molecule has 0 saturated heterocycles. The molecule has 0 amide bonds. The van der Waals surface area contributed by atoms with Gasteiger partial charge in [-0.1, -0.05) is 32.0 Å². The standard InChI is InChI=1S/C17H22N2/c1-11(2)12-6-4-8-14-15(10-18-3)13-7-5-9-16(13)19-17(12)14/h4,6,8,11,18H,5,7,9-10H2,1-3H3. The molecule has 1 heterocycles. The summed E-state index contributed by atoms with van der Waals surface area (Å²) in [6, 6.07) is 6.64. The molecule has 1 aromatic carbocycles. The van der Waals surface area contributed by atoms with Crippen LogP contribution in [0.5, 0.6) is 0 Å². The van der Waals surface area contributed by atoms with E-state index < -0.39 is 0 Å². The van der Waals surface area contributed by atoms with Crippen molar-refractivity contribution in [1.29, 1.82) is 0 Å². The summed E-state index contributed by atoms with van der Waals surface area (Å²) in [6.07, 6.45) is 3.60. The first-order chi connectivity index (χ1) is 9.22. The lowest BCUT2D eigenvalue weighted by Crippen LogP contribution is -2.10. The molecule has 0 bridgehead atoms. The van der Waals surface area contributed by atoms with E-state index in [9.17, 15) is 0 Å². The Labute approximate surface area is 115 Å². The van der Waals surface area contributed by atoms with Crippen LogP contribution in [0.2, 0.25) is 0 Å². The van der Waals surface area contributed by atoms with Gasteiger partial charge in [-0.15, -0.1) is 0 Å². The van der Waals surface area contributed by atoms with Gasteiger partial charge in [-0.3, -0.25) is 4.98 Å². The fourth-order valence-corrected chi connectivity index (χ4v) is 3.25. The predicted molar refractivity (Wildman–Crippen MR) is 80.6 cm³/mol. The molecular weight excluding hydrogens is 232 g/mol. The Morgan fingerprint density at radius 3 is 2.84 bits per heavy atom. The lowest BCUT2D eigenvalue weighted by Gasteiger charge is -2.16. The van der Waals surface area contributed by atoms with Crippen molar-refractivity contribution in [1.82, 2.24) is 10.3 Å². The van der Waals surface area contributed by atoms with Crippen LogP contribution in [0.25, 0.3) is 10.9 Å². The van der Waals surface area contributed by atoms with Gasteiger partial charge < -0.3 is 5.32 Å². The number of fused-ring (bicyclic) bond motifs is 2. The molecule has 3 rings (SSSR count). The van der Waals surface area contributed by atoms with E-state index in [0.717, 1.165) is 13.0 Å². The Hall–Kier alpha value is -1.41. The molecule has 0 radical (unpaired) electrons. The van der Waals surface area contributed by atoms with Gasteiger partial charge in [0.05, 0.1) is 5.52 Å². The van der Waals surface area contributed by atoms with Crippen molar-refractivity contribution in [2.45, 2.75) is 45.6 Å². The highest BCUT2D eigenvalue weighted by atomic mass is 14.8. The van der Waals surface area contributed by atoms with Crippen molar-refractivity contribution in [2.75, 3.05) is 7.05 Å². The van der Waals surface area contributed by atoms with Crippen molar-refractivity contribution in [3.63, 3.8) is 0 Å². The Kier molecular flexibility index (Phi) is 3.28. The van der Waals surface area contributed by atoms with Gasteiger partial charge in [-0.2, -0.15) is 0 Å².